The Morgan fingerprint density at radius 2 is 1.57 bits per heavy atom. The number of rotatable bonds is 9. The molecule has 2 aromatic carbocycles. The van der Waals surface area contributed by atoms with E-state index >= 15 is 0 Å². The van der Waals surface area contributed by atoms with E-state index in [1.54, 1.807) is 29.2 Å². The van der Waals surface area contributed by atoms with Gasteiger partial charge < -0.3 is 20.3 Å². The number of likely N-dealkylation sites (tertiary alicyclic amines) is 1. The molecule has 0 spiro atoms. The average Bonchev–Trinajstić information content (AvgIpc) is 2.94. The van der Waals surface area contributed by atoms with Crippen molar-refractivity contribution in [3.63, 3.8) is 0 Å². The van der Waals surface area contributed by atoms with Gasteiger partial charge in [0, 0.05) is 36.3 Å². The Balaban J connectivity index is 1.32. The van der Waals surface area contributed by atoms with Crippen LogP contribution in [0.2, 0.25) is 0 Å². The summed E-state index contributed by atoms with van der Waals surface area (Å²) in [7, 11) is 0. The molecule has 3 amide bonds. The Morgan fingerprint density at radius 1 is 0.865 bits per heavy atom. The van der Waals surface area contributed by atoms with Gasteiger partial charge in [-0.1, -0.05) is 44.4 Å². The zero-order chi connectivity index (χ0) is 26.0. The van der Waals surface area contributed by atoms with Gasteiger partial charge in [-0.15, -0.1) is 0 Å². The van der Waals surface area contributed by atoms with Crippen molar-refractivity contribution >= 4 is 17.7 Å². The number of unbranched alkanes of at least 4 members (excludes halogenated alkanes) is 1. The fourth-order valence-corrected chi connectivity index (χ4v) is 5.20. The second kappa shape index (κ2) is 13.3. The summed E-state index contributed by atoms with van der Waals surface area (Å²) in [6.45, 7) is 3.85. The van der Waals surface area contributed by atoms with Gasteiger partial charge >= 0.3 is 0 Å². The summed E-state index contributed by atoms with van der Waals surface area (Å²) in [6, 6.07) is 16.3. The molecule has 1 aliphatic carbocycles. The first kappa shape index (κ1) is 26.7. The van der Waals surface area contributed by atoms with Crippen LogP contribution in [0.3, 0.4) is 0 Å². The summed E-state index contributed by atoms with van der Waals surface area (Å²) in [5.41, 5.74) is 1.24. The van der Waals surface area contributed by atoms with Crippen LogP contribution in [-0.4, -0.2) is 54.4 Å². The third-order valence-electron chi connectivity index (χ3n) is 7.39. The van der Waals surface area contributed by atoms with E-state index in [1.807, 2.05) is 30.3 Å². The molecule has 198 valence electrons. The highest BCUT2D eigenvalue weighted by molar-refractivity contribution is 5.95. The molecule has 37 heavy (non-hydrogen) atoms. The lowest BCUT2D eigenvalue weighted by atomic mass is 9.88. The number of carbonyl (C=O) groups excluding carboxylic acids is 3. The van der Waals surface area contributed by atoms with Crippen LogP contribution in [0, 0.1) is 5.92 Å². The highest BCUT2D eigenvalue weighted by atomic mass is 16.5. The van der Waals surface area contributed by atoms with Crippen molar-refractivity contribution < 1.29 is 19.1 Å². The Bertz CT molecular complexity index is 1040. The molecule has 2 aromatic rings. The molecular weight excluding hydrogens is 466 g/mol. The third kappa shape index (κ3) is 7.34. The Kier molecular flexibility index (Phi) is 9.58. The van der Waals surface area contributed by atoms with E-state index in [9.17, 15) is 14.4 Å². The summed E-state index contributed by atoms with van der Waals surface area (Å²) in [5, 5.41) is 6.35. The van der Waals surface area contributed by atoms with Crippen LogP contribution in [0.5, 0.6) is 5.75 Å². The number of amides is 3. The van der Waals surface area contributed by atoms with Gasteiger partial charge in [-0.3, -0.25) is 14.4 Å². The van der Waals surface area contributed by atoms with Crippen LogP contribution >= 0.6 is 0 Å². The standard InChI is InChI=1S/C30H39N3O4/c1-2-3-20-37-25-17-15-23(16-18-25)30(36)33-19-9-12-24(21-33)29(35)32-27-14-8-7-13-26(27)31-28(34)22-10-5-4-6-11-22/h4-6,10-11,15-18,24,26-27H,2-3,7-9,12-14,19-21H2,1H3,(H,31,34)(H,32,35)/t24?,26-,27?/m1/s1. The molecular formula is C30H39N3O4. The molecule has 1 aliphatic heterocycles. The van der Waals surface area contributed by atoms with Crippen molar-refractivity contribution in [1.82, 2.24) is 15.5 Å². The van der Waals surface area contributed by atoms with Crippen molar-refractivity contribution in [3.05, 3.63) is 65.7 Å². The minimum atomic E-state index is -0.248. The van der Waals surface area contributed by atoms with Crippen LogP contribution in [0.1, 0.15) is 79.0 Å². The number of carbonyl (C=O) groups is 3. The lowest BCUT2D eigenvalue weighted by molar-refractivity contribution is -0.127. The van der Waals surface area contributed by atoms with E-state index in [0.717, 1.165) is 57.1 Å². The minimum Gasteiger partial charge on any atom is -0.494 e. The summed E-state index contributed by atoms with van der Waals surface area (Å²) >= 11 is 0. The smallest absolute Gasteiger partial charge is 0.253 e. The largest absolute Gasteiger partial charge is 0.494 e. The van der Waals surface area contributed by atoms with Gasteiger partial charge in [-0.05, 0) is 68.5 Å². The molecule has 1 saturated heterocycles. The van der Waals surface area contributed by atoms with Crippen LogP contribution in [0.15, 0.2) is 54.6 Å². The van der Waals surface area contributed by atoms with E-state index in [2.05, 4.69) is 17.6 Å². The molecule has 3 atom stereocenters. The SMILES string of the molecule is CCCCOc1ccc(C(=O)N2CCCC(C(=O)NC3CCCC[C@H]3NC(=O)c3ccccc3)C2)cc1. The lowest BCUT2D eigenvalue weighted by Crippen LogP contribution is -2.55. The first-order chi connectivity index (χ1) is 18.0. The van der Waals surface area contributed by atoms with E-state index in [4.69, 9.17) is 4.74 Å². The van der Waals surface area contributed by atoms with Crippen LogP contribution < -0.4 is 15.4 Å². The molecule has 0 radical (unpaired) electrons. The van der Waals surface area contributed by atoms with Gasteiger partial charge in [0.15, 0.2) is 0 Å². The number of hydrogen-bond donors (Lipinski definition) is 2. The molecule has 2 unspecified atom stereocenters. The molecule has 2 aliphatic rings. The van der Waals surface area contributed by atoms with Gasteiger partial charge in [-0.2, -0.15) is 0 Å². The Hall–Kier alpha value is -3.35. The van der Waals surface area contributed by atoms with E-state index in [0.29, 0.717) is 30.8 Å². The van der Waals surface area contributed by atoms with Gasteiger partial charge in [0.05, 0.1) is 12.5 Å². The molecule has 1 saturated carbocycles. The molecule has 4 rings (SSSR count). The van der Waals surface area contributed by atoms with Crippen LogP contribution in [0.4, 0.5) is 0 Å². The second-order valence-corrected chi connectivity index (χ2v) is 10.2. The van der Waals surface area contributed by atoms with Crippen LogP contribution in [0.25, 0.3) is 0 Å². The summed E-state index contributed by atoms with van der Waals surface area (Å²) < 4.78 is 5.70. The molecule has 7 nitrogen and oxygen atoms in total. The number of benzene rings is 2. The number of nitrogens with one attached hydrogen (secondary N) is 2. The first-order valence-electron chi connectivity index (χ1n) is 13.7. The maximum absolute atomic E-state index is 13.3. The van der Waals surface area contributed by atoms with Crippen molar-refractivity contribution in [2.75, 3.05) is 19.7 Å². The Labute approximate surface area is 220 Å². The molecule has 2 N–H and O–H groups in total. The predicted molar refractivity (Wildman–Crippen MR) is 144 cm³/mol. The molecule has 2 fully saturated rings. The van der Waals surface area contributed by atoms with Crippen LogP contribution in [-0.2, 0) is 4.79 Å². The fraction of sp³-hybridized carbons (Fsp3) is 0.500. The minimum absolute atomic E-state index is 0.0250. The van der Waals surface area contributed by atoms with Gasteiger partial charge in [0.1, 0.15) is 5.75 Å². The topological polar surface area (TPSA) is 87.7 Å². The quantitative estimate of drug-likeness (QED) is 0.489. The zero-order valence-corrected chi connectivity index (χ0v) is 21.8. The summed E-state index contributed by atoms with van der Waals surface area (Å²) in [6.07, 6.45) is 7.36. The number of piperidine rings is 1. The number of nitrogens with zero attached hydrogens (tertiary/aromatic N) is 1. The molecule has 0 aromatic heterocycles. The van der Waals surface area contributed by atoms with Crippen molar-refractivity contribution in [1.29, 1.82) is 0 Å². The predicted octanol–water partition coefficient (Wildman–Crippen LogP) is 4.58. The van der Waals surface area contributed by atoms with Crippen molar-refractivity contribution in [2.45, 2.75) is 70.4 Å². The zero-order valence-electron chi connectivity index (χ0n) is 21.8. The molecule has 1 heterocycles. The number of ether oxygens (including phenoxy) is 1. The maximum atomic E-state index is 13.3. The average molecular weight is 506 g/mol. The van der Waals surface area contributed by atoms with E-state index < -0.39 is 0 Å². The van der Waals surface area contributed by atoms with Gasteiger partial charge in [-0.25, -0.2) is 0 Å². The third-order valence-corrected chi connectivity index (χ3v) is 7.39. The van der Waals surface area contributed by atoms with Crippen molar-refractivity contribution in [2.24, 2.45) is 5.92 Å². The fourth-order valence-electron chi connectivity index (χ4n) is 5.20. The van der Waals surface area contributed by atoms with E-state index in [1.165, 1.54) is 0 Å². The maximum Gasteiger partial charge on any atom is 0.253 e. The molecule has 0 bridgehead atoms. The number of hydrogen-bond acceptors (Lipinski definition) is 4. The monoisotopic (exact) mass is 505 g/mol. The summed E-state index contributed by atoms with van der Waals surface area (Å²) in [4.78, 5) is 40.9. The van der Waals surface area contributed by atoms with Gasteiger partial charge in [0.25, 0.3) is 11.8 Å². The normalized spacial score (nSPS) is 21.6. The second-order valence-electron chi connectivity index (χ2n) is 10.2. The Morgan fingerprint density at radius 3 is 2.27 bits per heavy atom. The molecule has 7 heteroatoms. The first-order valence-corrected chi connectivity index (χ1v) is 13.7. The van der Waals surface area contributed by atoms with Gasteiger partial charge in [0.2, 0.25) is 5.91 Å². The summed E-state index contributed by atoms with van der Waals surface area (Å²) in [5.74, 6) is 0.332. The highest BCUT2D eigenvalue weighted by Crippen LogP contribution is 2.23. The highest BCUT2D eigenvalue weighted by Gasteiger charge is 2.33. The van der Waals surface area contributed by atoms with E-state index in [-0.39, 0.29) is 35.7 Å². The lowest BCUT2D eigenvalue weighted by Gasteiger charge is -2.36. The van der Waals surface area contributed by atoms with Crippen molar-refractivity contribution in [3.8, 4) is 5.75 Å².